The Labute approximate surface area is 125 Å². The maximum absolute atomic E-state index is 5.23. The Morgan fingerprint density at radius 1 is 1.14 bits per heavy atom. The van der Waals surface area contributed by atoms with Crippen molar-refractivity contribution in [3.8, 4) is 5.75 Å². The molecule has 5 heteroatoms. The Kier molecular flexibility index (Phi) is 5.37. The first-order valence-corrected chi connectivity index (χ1v) is 7.17. The predicted octanol–water partition coefficient (Wildman–Crippen LogP) is 3.23. The largest absolute Gasteiger partial charge is 0.497 e. The number of anilines is 2. The van der Waals surface area contributed by atoms with Gasteiger partial charge >= 0.3 is 0 Å². The average Bonchev–Trinajstić information content (AvgIpc) is 2.50. The number of benzene rings is 1. The van der Waals surface area contributed by atoms with Crippen LogP contribution in [0.2, 0.25) is 0 Å². The summed E-state index contributed by atoms with van der Waals surface area (Å²) < 4.78 is 5.23. The molecule has 0 atom stereocenters. The Morgan fingerprint density at radius 2 is 2.00 bits per heavy atom. The molecule has 0 bridgehead atoms. The number of methoxy groups -OCH3 is 1. The molecule has 1 aromatic heterocycles. The van der Waals surface area contributed by atoms with E-state index in [1.807, 2.05) is 31.2 Å². The minimum Gasteiger partial charge on any atom is -0.497 e. The van der Waals surface area contributed by atoms with E-state index in [2.05, 4.69) is 33.6 Å². The third kappa shape index (κ3) is 4.63. The first-order valence-electron chi connectivity index (χ1n) is 7.17. The summed E-state index contributed by atoms with van der Waals surface area (Å²) in [6.45, 7) is 5.65. The van der Waals surface area contributed by atoms with E-state index in [1.54, 1.807) is 7.11 Å². The Balaban J connectivity index is 2.03. The minimum absolute atomic E-state index is 0.671. The zero-order valence-corrected chi connectivity index (χ0v) is 12.8. The molecule has 2 aromatic rings. The lowest BCUT2D eigenvalue weighted by Gasteiger charge is -2.10. The van der Waals surface area contributed by atoms with Gasteiger partial charge in [0.05, 0.1) is 7.11 Å². The Bertz CT molecular complexity index is 586. The van der Waals surface area contributed by atoms with Crippen molar-refractivity contribution in [1.29, 1.82) is 0 Å². The summed E-state index contributed by atoms with van der Waals surface area (Å²) in [5, 5.41) is 6.53. The van der Waals surface area contributed by atoms with E-state index in [4.69, 9.17) is 4.74 Å². The fraction of sp³-hybridized carbons (Fsp3) is 0.375. The average molecular weight is 286 g/mol. The minimum atomic E-state index is 0.671. The molecule has 1 aromatic carbocycles. The van der Waals surface area contributed by atoms with Gasteiger partial charge in [0.1, 0.15) is 11.6 Å². The zero-order chi connectivity index (χ0) is 15.1. The van der Waals surface area contributed by atoms with Gasteiger partial charge in [0.2, 0.25) is 5.95 Å². The lowest BCUT2D eigenvalue weighted by atomic mass is 10.2. The lowest BCUT2D eigenvalue weighted by molar-refractivity contribution is 0.414. The quantitative estimate of drug-likeness (QED) is 0.818. The van der Waals surface area contributed by atoms with Crippen molar-refractivity contribution in [2.75, 3.05) is 24.3 Å². The topological polar surface area (TPSA) is 59.1 Å². The molecule has 2 N–H and O–H groups in total. The van der Waals surface area contributed by atoms with Crippen LogP contribution in [0.4, 0.5) is 11.8 Å². The van der Waals surface area contributed by atoms with Gasteiger partial charge in [-0.15, -0.1) is 0 Å². The highest BCUT2D eigenvalue weighted by molar-refractivity contribution is 5.43. The molecule has 0 fully saturated rings. The van der Waals surface area contributed by atoms with Gasteiger partial charge in [-0.05, 0) is 31.0 Å². The van der Waals surface area contributed by atoms with Crippen LogP contribution in [0.1, 0.15) is 24.6 Å². The van der Waals surface area contributed by atoms with E-state index >= 15 is 0 Å². The van der Waals surface area contributed by atoms with Gasteiger partial charge in [0.15, 0.2) is 0 Å². The van der Waals surface area contributed by atoms with Crippen LogP contribution in [0, 0.1) is 6.92 Å². The molecule has 0 amide bonds. The molecule has 0 unspecified atom stereocenters. The third-order valence-electron chi connectivity index (χ3n) is 3.00. The van der Waals surface area contributed by atoms with Gasteiger partial charge in [-0.2, -0.15) is 4.98 Å². The van der Waals surface area contributed by atoms with Crippen molar-refractivity contribution in [3.63, 3.8) is 0 Å². The highest BCUT2D eigenvalue weighted by Gasteiger charge is 2.02. The number of nitrogens with zero attached hydrogens (tertiary/aromatic N) is 2. The van der Waals surface area contributed by atoms with E-state index < -0.39 is 0 Å². The fourth-order valence-electron chi connectivity index (χ4n) is 1.95. The van der Waals surface area contributed by atoms with Crippen LogP contribution in [-0.2, 0) is 6.54 Å². The molecule has 2 rings (SSSR count). The van der Waals surface area contributed by atoms with Crippen LogP contribution in [0.5, 0.6) is 5.75 Å². The summed E-state index contributed by atoms with van der Waals surface area (Å²) in [4.78, 5) is 8.84. The molecular formula is C16H22N4O. The normalized spacial score (nSPS) is 10.2. The van der Waals surface area contributed by atoms with Crippen LogP contribution >= 0.6 is 0 Å². The van der Waals surface area contributed by atoms with Crippen molar-refractivity contribution in [2.24, 2.45) is 0 Å². The maximum Gasteiger partial charge on any atom is 0.224 e. The highest BCUT2D eigenvalue weighted by Crippen LogP contribution is 2.15. The van der Waals surface area contributed by atoms with E-state index in [9.17, 15) is 0 Å². The van der Waals surface area contributed by atoms with Crippen LogP contribution in [0.15, 0.2) is 30.3 Å². The summed E-state index contributed by atoms with van der Waals surface area (Å²) in [6, 6.07) is 9.93. The number of hydrogen-bond acceptors (Lipinski definition) is 5. The molecule has 0 aliphatic heterocycles. The van der Waals surface area contributed by atoms with Gasteiger partial charge in [0.25, 0.3) is 0 Å². The molecule has 21 heavy (non-hydrogen) atoms. The van der Waals surface area contributed by atoms with Gasteiger partial charge < -0.3 is 15.4 Å². The second-order valence-electron chi connectivity index (χ2n) is 4.85. The molecule has 0 aliphatic carbocycles. The van der Waals surface area contributed by atoms with Crippen LogP contribution in [-0.4, -0.2) is 23.6 Å². The van der Waals surface area contributed by atoms with Gasteiger partial charge in [-0.1, -0.05) is 19.1 Å². The Morgan fingerprint density at radius 3 is 2.76 bits per heavy atom. The molecule has 112 valence electrons. The van der Waals surface area contributed by atoms with Gasteiger partial charge in [-0.25, -0.2) is 4.98 Å². The molecule has 0 spiro atoms. The summed E-state index contributed by atoms with van der Waals surface area (Å²) in [5.41, 5.74) is 2.09. The number of hydrogen-bond donors (Lipinski definition) is 2. The highest BCUT2D eigenvalue weighted by atomic mass is 16.5. The summed E-state index contributed by atoms with van der Waals surface area (Å²) in [6.07, 6.45) is 1.05. The third-order valence-corrected chi connectivity index (χ3v) is 3.00. The van der Waals surface area contributed by atoms with Gasteiger partial charge in [0, 0.05) is 24.8 Å². The Hall–Kier alpha value is -2.30. The summed E-state index contributed by atoms with van der Waals surface area (Å²) in [7, 11) is 1.67. The molecule has 0 aliphatic rings. The van der Waals surface area contributed by atoms with Crippen LogP contribution in [0.3, 0.4) is 0 Å². The zero-order valence-electron chi connectivity index (χ0n) is 12.8. The monoisotopic (exact) mass is 286 g/mol. The smallest absolute Gasteiger partial charge is 0.224 e. The fourth-order valence-corrected chi connectivity index (χ4v) is 1.95. The van der Waals surface area contributed by atoms with E-state index in [-0.39, 0.29) is 0 Å². The van der Waals surface area contributed by atoms with Crippen molar-refractivity contribution in [3.05, 3.63) is 41.6 Å². The molecule has 5 nitrogen and oxygen atoms in total. The van der Waals surface area contributed by atoms with E-state index in [1.165, 1.54) is 0 Å². The second-order valence-corrected chi connectivity index (χ2v) is 4.85. The number of rotatable bonds is 7. The first-order chi connectivity index (χ1) is 10.2. The maximum atomic E-state index is 5.23. The van der Waals surface area contributed by atoms with E-state index in [0.717, 1.165) is 35.8 Å². The van der Waals surface area contributed by atoms with Gasteiger partial charge in [-0.3, -0.25) is 0 Å². The molecule has 0 saturated carbocycles. The number of nitrogens with one attached hydrogen (secondary N) is 2. The van der Waals surface area contributed by atoms with Crippen molar-refractivity contribution in [1.82, 2.24) is 9.97 Å². The molecular weight excluding hydrogens is 264 g/mol. The molecule has 0 saturated heterocycles. The summed E-state index contributed by atoms with van der Waals surface area (Å²) >= 11 is 0. The SMILES string of the molecule is CCCNc1nc(C)cc(NCc2cccc(OC)c2)n1. The van der Waals surface area contributed by atoms with Crippen molar-refractivity contribution < 1.29 is 4.74 Å². The summed E-state index contributed by atoms with van der Waals surface area (Å²) in [5.74, 6) is 2.35. The second kappa shape index (κ2) is 7.47. The van der Waals surface area contributed by atoms with Crippen molar-refractivity contribution in [2.45, 2.75) is 26.8 Å². The lowest BCUT2D eigenvalue weighted by Crippen LogP contribution is -2.08. The predicted molar refractivity (Wildman–Crippen MR) is 85.9 cm³/mol. The van der Waals surface area contributed by atoms with Crippen molar-refractivity contribution >= 4 is 11.8 Å². The van der Waals surface area contributed by atoms with E-state index in [0.29, 0.717) is 12.5 Å². The van der Waals surface area contributed by atoms with Crippen LogP contribution in [0.25, 0.3) is 0 Å². The molecule has 0 radical (unpaired) electrons. The van der Waals surface area contributed by atoms with Crippen LogP contribution < -0.4 is 15.4 Å². The number of aryl methyl sites for hydroxylation is 1. The standard InChI is InChI=1S/C16H22N4O/c1-4-8-17-16-19-12(2)9-15(20-16)18-11-13-6-5-7-14(10-13)21-3/h5-7,9-10H,4,8,11H2,1-3H3,(H2,17,18,19,20). The number of aromatic nitrogens is 2. The first kappa shape index (κ1) is 15.1. The molecule has 1 heterocycles. The number of ether oxygens (including phenoxy) is 1.